The summed E-state index contributed by atoms with van der Waals surface area (Å²) < 4.78 is 68.1. The van der Waals surface area contributed by atoms with Crippen molar-refractivity contribution in [3.8, 4) is 6.07 Å². The number of amidine groups is 3. The molecule has 16 N–H and O–H groups in total. The number of thiazole rings is 5. The van der Waals surface area contributed by atoms with Crippen LogP contribution in [0.2, 0.25) is 0 Å². The smallest absolute Gasteiger partial charge is 0.415 e. The van der Waals surface area contributed by atoms with Gasteiger partial charge in [-0.2, -0.15) is 62.1 Å². The van der Waals surface area contributed by atoms with Crippen LogP contribution in [-0.4, -0.2) is 123 Å². The van der Waals surface area contributed by atoms with E-state index in [0.717, 1.165) is 73.2 Å². The molecule has 0 fully saturated rings. The molecule has 5 rings (SSSR count). The highest BCUT2D eigenvalue weighted by Gasteiger charge is 2.46. The molecule has 0 aromatic carbocycles. The zero-order valence-corrected chi connectivity index (χ0v) is 63.7. The van der Waals surface area contributed by atoms with Gasteiger partial charge in [-0.1, -0.05) is 87.1 Å². The van der Waals surface area contributed by atoms with E-state index >= 15 is 0 Å². The number of rotatable bonds is 23. The number of alkyl halides is 4. The standard InChI is InChI=1S/C9H12F3N3O2S4.C8H13N3S3.C8H10N2S3.C6H9N3S3.C5H6ClNS2.C2H5NS2.CH3NS2.CS2.ClH.H3N/c1-18-8-14-6(5-20-8)4-19-3-2-7(13)15-21(16,17)9(10,11)12;1-12-8-11-6(5-14-8)4-13-3-2-7(9)10;1-11-8-10-7(6-13-8)5-12-4-2-3-9;1-10-6-9-4(3-12-6)2-11-5(7)8;1-8-5-7-4(2-6)3-9-5;1-5-2(3)4;2-1(3)4;2-1-3;;/h5H,2-4H2,1H3,(H2,13,15);5H,2-4H2,1H3,(H3,9,10);6H,2,4-5H2,1H3;3H,2H2,1H3,(H3,7,8);3H,2H2,1H3;1H3,(H2,3,4);(H3,2,3,4);;1H;1H3. The number of sulfonamides is 1. The minimum atomic E-state index is -5.55. The van der Waals surface area contributed by atoms with E-state index in [4.69, 9.17) is 50.6 Å². The van der Waals surface area contributed by atoms with E-state index in [1.807, 2.05) is 58.0 Å². The first-order valence-electron chi connectivity index (χ1n) is 21.1. The SMILES string of the molecule is CSC(N)=S.CSc1nc(CCl)cs1.CSc1nc(CSC(=N)N)cs1.CSc1nc(CSCCC#N)cs1.CSc1nc(CSCCC(=N)N)cs1.CSc1nc(CSCCC(N)=NS(=O)(=O)C(F)(F)F)cs1.Cl.NC(=S)[S-].S=C=S.[NH4+]. The van der Waals surface area contributed by atoms with Gasteiger partial charge in [0.15, 0.2) is 5.17 Å². The second-order valence-electron chi connectivity index (χ2n) is 12.9. The second kappa shape index (κ2) is 58.4. The van der Waals surface area contributed by atoms with Crippen molar-refractivity contribution in [3.63, 3.8) is 0 Å². The van der Waals surface area contributed by atoms with Crippen LogP contribution in [0, 0.1) is 22.1 Å². The Bertz CT molecular complexity index is 2710. The van der Waals surface area contributed by atoms with Gasteiger partial charge in [0.25, 0.3) is 0 Å². The van der Waals surface area contributed by atoms with E-state index in [0.29, 0.717) is 40.3 Å². The molecule has 5 heterocycles. The van der Waals surface area contributed by atoms with Crippen molar-refractivity contribution in [2.24, 2.45) is 33.1 Å². The van der Waals surface area contributed by atoms with E-state index in [1.165, 1.54) is 58.4 Å². The number of nitriles is 1. The highest BCUT2D eigenvalue weighted by atomic mass is 35.5. The van der Waals surface area contributed by atoms with Crippen molar-refractivity contribution in [1.29, 1.82) is 16.1 Å². The lowest BCUT2D eigenvalue weighted by Crippen LogP contribution is -2.25. The summed E-state index contributed by atoms with van der Waals surface area (Å²) in [6.45, 7) is 0. The zero-order chi connectivity index (χ0) is 62.2. The van der Waals surface area contributed by atoms with Crippen LogP contribution >= 0.6 is 247 Å². The Hall–Kier alpha value is 0.0500. The summed E-state index contributed by atoms with van der Waals surface area (Å²) in [4.78, 5) is 21.6. The second-order valence-corrected chi connectivity index (χ2v) is 32.0. The van der Waals surface area contributed by atoms with Crippen molar-refractivity contribution < 1.29 is 21.6 Å². The van der Waals surface area contributed by atoms with Gasteiger partial charge in [0.1, 0.15) is 31.9 Å². The Morgan fingerprint density at radius 1 is 0.675 bits per heavy atom. The molecule has 0 saturated heterocycles. The predicted molar refractivity (Wildman–Crippen MR) is 397 cm³/mol. The van der Waals surface area contributed by atoms with Gasteiger partial charge in [0.2, 0.25) is 0 Å². The molecule has 43 heteroatoms. The van der Waals surface area contributed by atoms with Gasteiger partial charge in [0.05, 0.1) is 46.3 Å². The average Bonchev–Trinajstić information content (AvgIpc) is 4.29. The number of aromatic nitrogens is 5. The Kier molecular flexibility index (Phi) is 64.6. The van der Waals surface area contributed by atoms with Gasteiger partial charge in [-0.3, -0.25) is 10.8 Å². The van der Waals surface area contributed by atoms with Crippen molar-refractivity contribution in [1.82, 2.24) is 31.1 Å². The Labute approximate surface area is 585 Å². The van der Waals surface area contributed by atoms with Crippen LogP contribution < -0.4 is 34.8 Å². The van der Waals surface area contributed by atoms with Gasteiger partial charge in [0, 0.05) is 90.7 Å². The third kappa shape index (κ3) is 54.7. The summed E-state index contributed by atoms with van der Waals surface area (Å²) in [6.07, 6.45) is 13.1. The largest absolute Gasteiger partial charge is 0.518 e. The quantitative estimate of drug-likeness (QED) is 0.00573. The van der Waals surface area contributed by atoms with Crippen molar-refractivity contribution in [2.75, 3.05) is 54.8 Å². The predicted octanol–water partition coefficient (Wildman–Crippen LogP) is 14.9. The zero-order valence-electron chi connectivity index (χ0n) is 45.0. The molecule has 0 aliphatic carbocycles. The first kappa shape index (κ1) is 91.8. The van der Waals surface area contributed by atoms with Gasteiger partial charge in [-0.25, -0.2) is 24.9 Å². The van der Waals surface area contributed by atoms with Crippen LogP contribution in [0.5, 0.6) is 0 Å². The third-order valence-electron chi connectivity index (χ3n) is 6.90. The number of nitrogens with two attached hydrogens (primary N) is 5. The molecule has 5 aromatic rings. The Morgan fingerprint density at radius 3 is 1.23 bits per heavy atom. The number of thiocarbonyl (C=S) groups is 4. The molecular formula is C40H62Cl2F3N15O2S21. The molecule has 470 valence electrons. The molecule has 0 spiro atoms. The lowest BCUT2D eigenvalue weighted by atomic mass is 10.5. The van der Waals surface area contributed by atoms with Crippen LogP contribution in [-0.2, 0) is 51.5 Å². The fourth-order valence-electron chi connectivity index (χ4n) is 3.65. The highest BCUT2D eigenvalue weighted by molar-refractivity contribution is 8.22. The van der Waals surface area contributed by atoms with Gasteiger partial charge < -0.3 is 59.7 Å². The lowest BCUT2D eigenvalue weighted by Gasteiger charge is -2.04. The average molecular weight is 1590 g/mol. The minimum Gasteiger partial charge on any atom is -0.415 e. The van der Waals surface area contributed by atoms with Crippen LogP contribution in [0.3, 0.4) is 0 Å². The van der Waals surface area contributed by atoms with Gasteiger partial charge >= 0.3 is 15.5 Å². The number of quaternary nitrogens is 1. The molecule has 0 saturated carbocycles. The maximum absolute atomic E-state index is 12.1. The summed E-state index contributed by atoms with van der Waals surface area (Å²) in [7, 11) is -5.55. The number of nitrogens with zero attached hydrogens (tertiary/aromatic N) is 7. The summed E-state index contributed by atoms with van der Waals surface area (Å²) in [6, 6.07) is 2.13. The number of hydrogen-bond acceptors (Lipinski definition) is 30. The van der Waals surface area contributed by atoms with Crippen molar-refractivity contribution in [2.45, 2.75) is 75.4 Å². The van der Waals surface area contributed by atoms with Crippen LogP contribution in [0.25, 0.3) is 0 Å². The first-order valence-corrected chi connectivity index (χ1v) is 41.3. The molecular weight excluding hydrogens is 1520 g/mol. The Morgan fingerprint density at radius 2 is 0.976 bits per heavy atom. The monoisotopic (exact) mass is 1580 g/mol. The number of halogens is 5. The normalized spacial score (nSPS) is 10.1. The van der Waals surface area contributed by atoms with Crippen molar-refractivity contribution >= 4 is 300 Å². The molecule has 17 nitrogen and oxygen atoms in total. The van der Waals surface area contributed by atoms with E-state index < -0.39 is 21.4 Å². The van der Waals surface area contributed by atoms with Crippen LogP contribution in [0.4, 0.5) is 13.2 Å². The number of nitrogens with one attached hydrogen (secondary N) is 2. The fourth-order valence-corrected chi connectivity index (χ4v) is 14.1. The van der Waals surface area contributed by atoms with E-state index in [9.17, 15) is 21.6 Å². The van der Waals surface area contributed by atoms with Gasteiger partial charge in [-0.15, -0.1) is 96.9 Å². The van der Waals surface area contributed by atoms with Crippen LogP contribution in [0.15, 0.2) is 53.0 Å². The summed E-state index contributed by atoms with van der Waals surface area (Å²) in [5.74, 6) is 5.53. The highest BCUT2D eigenvalue weighted by Crippen LogP contribution is 2.27. The third-order valence-corrected chi connectivity index (χ3v) is 22.4. The lowest BCUT2D eigenvalue weighted by molar-refractivity contribution is -0.0435. The summed E-state index contributed by atoms with van der Waals surface area (Å²) in [5, 5.41) is 32.6. The number of hydrogen-bond donors (Lipinski definition) is 8. The fraction of sp³-hybridized carbons (Fsp3) is 0.450. The molecule has 0 aliphatic rings. The van der Waals surface area contributed by atoms with E-state index in [2.05, 4.69) is 113 Å². The summed E-state index contributed by atoms with van der Waals surface area (Å²) in [5.41, 5.74) is 25.0. The molecule has 83 heavy (non-hydrogen) atoms. The topological polar surface area (TPSA) is 349 Å². The maximum atomic E-state index is 12.1. The van der Waals surface area contributed by atoms with Crippen LogP contribution in [0.1, 0.15) is 47.7 Å². The molecule has 0 aliphatic heterocycles. The van der Waals surface area contributed by atoms with Gasteiger partial charge in [-0.05, 0) is 62.0 Å². The van der Waals surface area contributed by atoms with E-state index in [1.54, 1.807) is 116 Å². The molecule has 0 bridgehead atoms. The maximum Gasteiger partial charge on any atom is 0.518 e. The number of thioether (sulfide) groups is 10. The molecule has 5 aromatic heterocycles. The Balaban J connectivity index is -0.000000294. The summed E-state index contributed by atoms with van der Waals surface area (Å²) >= 11 is 50.1. The first-order chi connectivity index (χ1) is 38.2. The molecule has 0 atom stereocenters. The molecule has 0 amide bonds. The molecule has 0 radical (unpaired) electrons. The minimum absolute atomic E-state index is 0. The molecule has 0 unspecified atom stereocenters. The van der Waals surface area contributed by atoms with Crippen molar-refractivity contribution in [3.05, 3.63) is 55.4 Å². The van der Waals surface area contributed by atoms with E-state index in [-0.39, 0.29) is 40.3 Å².